The zero-order chi connectivity index (χ0) is 6.85. The molecule has 0 aromatic carbocycles. The van der Waals surface area contributed by atoms with Gasteiger partial charge in [0.1, 0.15) is 0 Å². The average Bonchev–Trinajstić information content (AvgIpc) is 1.80. The SMILES string of the molecule is CC1CC(O)CCN1O. The van der Waals surface area contributed by atoms with Crippen LogP contribution in [-0.2, 0) is 0 Å². The van der Waals surface area contributed by atoms with Gasteiger partial charge in [-0.15, -0.1) is 0 Å². The molecule has 0 spiro atoms. The summed E-state index contributed by atoms with van der Waals surface area (Å²) in [7, 11) is 0. The number of hydroxylamine groups is 2. The Kier molecular flexibility index (Phi) is 2.05. The van der Waals surface area contributed by atoms with Crippen LogP contribution in [0.25, 0.3) is 0 Å². The first-order valence-corrected chi connectivity index (χ1v) is 3.33. The highest BCUT2D eigenvalue weighted by molar-refractivity contribution is 4.72. The Morgan fingerprint density at radius 2 is 2.22 bits per heavy atom. The Balaban J connectivity index is 2.35. The van der Waals surface area contributed by atoms with Crippen molar-refractivity contribution in [2.24, 2.45) is 0 Å². The molecule has 1 aliphatic rings. The van der Waals surface area contributed by atoms with Crippen LogP contribution in [-0.4, -0.2) is 34.1 Å². The molecule has 54 valence electrons. The van der Waals surface area contributed by atoms with Gasteiger partial charge in [0.05, 0.1) is 6.10 Å². The van der Waals surface area contributed by atoms with E-state index >= 15 is 0 Å². The summed E-state index contributed by atoms with van der Waals surface area (Å²) in [4.78, 5) is 0. The molecule has 9 heavy (non-hydrogen) atoms. The third-order valence-corrected chi connectivity index (χ3v) is 1.81. The van der Waals surface area contributed by atoms with Crippen LogP contribution in [0.1, 0.15) is 19.8 Å². The van der Waals surface area contributed by atoms with E-state index in [9.17, 15) is 0 Å². The summed E-state index contributed by atoms with van der Waals surface area (Å²) in [5.41, 5.74) is 0. The topological polar surface area (TPSA) is 43.7 Å². The first-order chi connectivity index (χ1) is 4.20. The van der Waals surface area contributed by atoms with Crippen molar-refractivity contribution in [1.29, 1.82) is 0 Å². The van der Waals surface area contributed by atoms with E-state index in [0.717, 1.165) is 0 Å². The molecule has 0 aliphatic carbocycles. The second kappa shape index (κ2) is 2.64. The van der Waals surface area contributed by atoms with Gasteiger partial charge in [0.25, 0.3) is 0 Å². The molecular weight excluding hydrogens is 118 g/mol. The molecule has 0 amide bonds. The van der Waals surface area contributed by atoms with Crippen molar-refractivity contribution in [3.8, 4) is 0 Å². The van der Waals surface area contributed by atoms with E-state index in [1.807, 2.05) is 6.92 Å². The van der Waals surface area contributed by atoms with Crippen molar-refractivity contribution in [2.45, 2.75) is 31.9 Å². The summed E-state index contributed by atoms with van der Waals surface area (Å²) in [6.45, 7) is 2.50. The van der Waals surface area contributed by atoms with Gasteiger partial charge < -0.3 is 10.3 Å². The molecule has 2 unspecified atom stereocenters. The minimum absolute atomic E-state index is 0.119. The van der Waals surface area contributed by atoms with Gasteiger partial charge in [0, 0.05) is 12.6 Å². The van der Waals surface area contributed by atoms with Gasteiger partial charge in [0.15, 0.2) is 0 Å². The number of nitrogens with zero attached hydrogens (tertiary/aromatic N) is 1. The minimum atomic E-state index is -0.205. The molecule has 1 aliphatic heterocycles. The fourth-order valence-corrected chi connectivity index (χ4v) is 1.13. The molecule has 1 fully saturated rings. The van der Waals surface area contributed by atoms with Crippen LogP contribution >= 0.6 is 0 Å². The number of piperidine rings is 1. The molecule has 0 aromatic rings. The molecular formula is C6H13NO2. The zero-order valence-corrected chi connectivity index (χ0v) is 5.62. The Morgan fingerprint density at radius 1 is 1.56 bits per heavy atom. The van der Waals surface area contributed by atoms with Gasteiger partial charge in [-0.3, -0.25) is 0 Å². The van der Waals surface area contributed by atoms with Gasteiger partial charge >= 0.3 is 0 Å². The summed E-state index contributed by atoms with van der Waals surface area (Å²) in [6, 6.07) is 0.119. The third kappa shape index (κ3) is 1.64. The van der Waals surface area contributed by atoms with Crippen LogP contribution in [0.4, 0.5) is 0 Å². The Morgan fingerprint density at radius 3 is 2.67 bits per heavy atom. The highest BCUT2D eigenvalue weighted by atomic mass is 16.5. The lowest BCUT2D eigenvalue weighted by Crippen LogP contribution is -2.40. The van der Waals surface area contributed by atoms with E-state index < -0.39 is 0 Å². The summed E-state index contributed by atoms with van der Waals surface area (Å²) in [5, 5.41) is 19.4. The molecule has 0 bridgehead atoms. The van der Waals surface area contributed by atoms with Crippen molar-refractivity contribution < 1.29 is 10.3 Å². The maximum atomic E-state index is 9.06. The predicted molar refractivity (Wildman–Crippen MR) is 33.2 cm³/mol. The van der Waals surface area contributed by atoms with Crippen LogP contribution in [0.2, 0.25) is 0 Å². The number of aliphatic hydroxyl groups excluding tert-OH is 1. The van der Waals surface area contributed by atoms with Crippen LogP contribution < -0.4 is 0 Å². The van der Waals surface area contributed by atoms with Crippen LogP contribution in [0.15, 0.2) is 0 Å². The summed E-state index contributed by atoms with van der Waals surface area (Å²) >= 11 is 0. The van der Waals surface area contributed by atoms with Crippen molar-refractivity contribution >= 4 is 0 Å². The summed E-state index contributed by atoms with van der Waals surface area (Å²) in [6.07, 6.45) is 1.18. The maximum Gasteiger partial charge on any atom is 0.0569 e. The highest BCUT2D eigenvalue weighted by Crippen LogP contribution is 2.13. The van der Waals surface area contributed by atoms with Crippen molar-refractivity contribution in [2.75, 3.05) is 6.54 Å². The third-order valence-electron chi connectivity index (χ3n) is 1.81. The lowest BCUT2D eigenvalue weighted by Gasteiger charge is -2.30. The number of aliphatic hydroxyl groups is 1. The molecule has 3 heteroatoms. The lowest BCUT2D eigenvalue weighted by atomic mass is 10.0. The molecule has 1 rings (SSSR count). The second-order valence-electron chi connectivity index (χ2n) is 2.69. The Hall–Kier alpha value is -0.120. The van der Waals surface area contributed by atoms with Crippen LogP contribution in [0.3, 0.4) is 0 Å². The van der Waals surface area contributed by atoms with Gasteiger partial charge in [-0.25, -0.2) is 0 Å². The molecule has 2 atom stereocenters. The van der Waals surface area contributed by atoms with E-state index in [0.29, 0.717) is 19.4 Å². The Labute approximate surface area is 54.9 Å². The molecule has 0 saturated carbocycles. The first-order valence-electron chi connectivity index (χ1n) is 3.33. The van der Waals surface area contributed by atoms with E-state index in [1.165, 1.54) is 5.06 Å². The van der Waals surface area contributed by atoms with E-state index in [1.54, 1.807) is 0 Å². The van der Waals surface area contributed by atoms with E-state index in [4.69, 9.17) is 10.3 Å². The minimum Gasteiger partial charge on any atom is -0.393 e. The fraction of sp³-hybridized carbons (Fsp3) is 1.00. The lowest BCUT2D eigenvalue weighted by molar-refractivity contribution is -0.154. The monoisotopic (exact) mass is 131 g/mol. The standard InChI is InChI=1S/C6H13NO2/c1-5-4-6(8)2-3-7(5)9/h5-6,8-9H,2-4H2,1H3. The van der Waals surface area contributed by atoms with Crippen molar-refractivity contribution in [1.82, 2.24) is 5.06 Å². The molecule has 1 heterocycles. The van der Waals surface area contributed by atoms with Gasteiger partial charge in [0.2, 0.25) is 0 Å². The molecule has 3 nitrogen and oxygen atoms in total. The molecule has 0 aromatic heterocycles. The predicted octanol–water partition coefficient (Wildman–Crippen LogP) is 0.221. The van der Waals surface area contributed by atoms with Crippen LogP contribution in [0.5, 0.6) is 0 Å². The maximum absolute atomic E-state index is 9.06. The normalized spacial score (nSPS) is 39.0. The van der Waals surface area contributed by atoms with Crippen LogP contribution in [0, 0.1) is 0 Å². The average molecular weight is 131 g/mol. The smallest absolute Gasteiger partial charge is 0.0569 e. The molecule has 2 N–H and O–H groups in total. The second-order valence-corrected chi connectivity index (χ2v) is 2.69. The molecule has 0 radical (unpaired) electrons. The number of hydrogen-bond donors (Lipinski definition) is 2. The number of hydrogen-bond acceptors (Lipinski definition) is 3. The van der Waals surface area contributed by atoms with E-state index in [-0.39, 0.29) is 12.1 Å². The fourth-order valence-electron chi connectivity index (χ4n) is 1.13. The summed E-state index contributed by atoms with van der Waals surface area (Å²) < 4.78 is 0. The van der Waals surface area contributed by atoms with Crippen molar-refractivity contribution in [3.63, 3.8) is 0 Å². The van der Waals surface area contributed by atoms with Gasteiger partial charge in [-0.05, 0) is 19.8 Å². The zero-order valence-electron chi connectivity index (χ0n) is 5.62. The largest absolute Gasteiger partial charge is 0.393 e. The van der Waals surface area contributed by atoms with E-state index in [2.05, 4.69) is 0 Å². The van der Waals surface area contributed by atoms with Crippen molar-refractivity contribution in [3.05, 3.63) is 0 Å². The number of rotatable bonds is 0. The Bertz CT molecular complexity index is 97.1. The first kappa shape index (κ1) is 6.99. The van der Waals surface area contributed by atoms with Gasteiger partial charge in [-0.1, -0.05) is 0 Å². The summed E-state index contributed by atoms with van der Waals surface area (Å²) in [5.74, 6) is 0. The quantitative estimate of drug-likeness (QED) is 0.494. The van der Waals surface area contributed by atoms with Gasteiger partial charge in [-0.2, -0.15) is 5.06 Å². The highest BCUT2D eigenvalue weighted by Gasteiger charge is 2.21. The molecule has 1 saturated heterocycles.